The Kier molecular flexibility index (Phi) is 2.30. The molecule has 0 saturated carbocycles. The number of benzene rings is 2. The molecule has 1 atom stereocenters. The van der Waals surface area contributed by atoms with E-state index < -0.39 is 11.1 Å². The zero-order valence-corrected chi connectivity index (χ0v) is 10.5. The highest BCUT2D eigenvalue weighted by molar-refractivity contribution is 7.80. The summed E-state index contributed by atoms with van der Waals surface area (Å²) in [6.45, 7) is 3.99. The summed E-state index contributed by atoms with van der Waals surface area (Å²) in [5.41, 5.74) is 4.23. The lowest BCUT2D eigenvalue weighted by atomic mass is 10.0. The third-order valence-electron chi connectivity index (χ3n) is 2.91. The third kappa shape index (κ3) is 1.67. The second-order valence-corrected chi connectivity index (χ2v) is 5.39. The zero-order valence-electron chi connectivity index (χ0n) is 9.69. The maximum Gasteiger partial charge on any atom is 0.241 e. The number of fused-ring (bicyclic) bond motifs is 3. The first-order valence-electron chi connectivity index (χ1n) is 5.47. The van der Waals surface area contributed by atoms with Crippen molar-refractivity contribution < 1.29 is 8.39 Å². The summed E-state index contributed by atoms with van der Waals surface area (Å²) in [5.74, 6) is 0.708. The molecule has 17 heavy (non-hydrogen) atoms. The van der Waals surface area contributed by atoms with E-state index >= 15 is 0 Å². The molecule has 2 aromatic rings. The van der Waals surface area contributed by atoms with Gasteiger partial charge in [0.15, 0.2) is 0 Å². The Morgan fingerprint density at radius 2 is 1.59 bits per heavy atom. The van der Waals surface area contributed by atoms with E-state index in [1.165, 1.54) is 0 Å². The van der Waals surface area contributed by atoms with Gasteiger partial charge in [0.1, 0.15) is 5.75 Å². The van der Waals surface area contributed by atoms with E-state index in [9.17, 15) is 4.21 Å². The molecule has 0 spiro atoms. The van der Waals surface area contributed by atoms with Crippen LogP contribution in [0.1, 0.15) is 11.1 Å². The van der Waals surface area contributed by atoms with Gasteiger partial charge in [-0.1, -0.05) is 24.3 Å². The first kappa shape index (κ1) is 10.5. The summed E-state index contributed by atoms with van der Waals surface area (Å²) in [6, 6.07) is 12.0. The summed E-state index contributed by atoms with van der Waals surface area (Å²) < 4.78 is 17.5. The van der Waals surface area contributed by atoms with Crippen molar-refractivity contribution in [2.75, 3.05) is 0 Å². The minimum atomic E-state index is -1.40. The highest BCUT2D eigenvalue weighted by Gasteiger charge is 2.23. The molecule has 1 aliphatic heterocycles. The summed E-state index contributed by atoms with van der Waals surface area (Å²) >= 11 is -1.40. The van der Waals surface area contributed by atoms with Crippen LogP contribution in [0.2, 0.25) is 0 Å². The van der Waals surface area contributed by atoms with Crippen LogP contribution in [0.3, 0.4) is 0 Å². The van der Waals surface area contributed by atoms with E-state index in [4.69, 9.17) is 4.18 Å². The molecule has 3 rings (SSSR count). The molecular formula is C14H12O2S. The molecule has 0 N–H and O–H groups in total. The van der Waals surface area contributed by atoms with Crippen LogP contribution in [0, 0.1) is 13.8 Å². The molecule has 1 unspecified atom stereocenters. The Balaban J connectivity index is 2.30. The van der Waals surface area contributed by atoms with Gasteiger partial charge in [0.2, 0.25) is 11.1 Å². The fourth-order valence-electron chi connectivity index (χ4n) is 2.04. The Hall–Kier alpha value is -1.61. The molecule has 0 amide bonds. The van der Waals surface area contributed by atoms with Gasteiger partial charge < -0.3 is 4.18 Å². The van der Waals surface area contributed by atoms with Gasteiger partial charge >= 0.3 is 0 Å². The summed E-state index contributed by atoms with van der Waals surface area (Å²) in [4.78, 5) is 0.765. The van der Waals surface area contributed by atoms with Crippen molar-refractivity contribution in [3.63, 3.8) is 0 Å². The Morgan fingerprint density at radius 1 is 0.941 bits per heavy atom. The molecule has 86 valence electrons. The minimum Gasteiger partial charge on any atom is -0.396 e. The summed E-state index contributed by atoms with van der Waals surface area (Å²) in [6.07, 6.45) is 0. The van der Waals surface area contributed by atoms with Crippen LogP contribution in [0.5, 0.6) is 5.75 Å². The molecule has 1 heterocycles. The molecule has 0 radical (unpaired) electrons. The van der Waals surface area contributed by atoms with E-state index in [1.54, 1.807) is 0 Å². The van der Waals surface area contributed by atoms with Crippen LogP contribution in [0.25, 0.3) is 11.1 Å². The minimum absolute atomic E-state index is 0.708. The van der Waals surface area contributed by atoms with Gasteiger partial charge in [0, 0.05) is 11.1 Å². The molecule has 3 heteroatoms. The highest BCUT2D eigenvalue weighted by atomic mass is 32.2. The SMILES string of the molecule is Cc1ccc2c(c1)OS(=O)c1cc(C)ccc1-2. The van der Waals surface area contributed by atoms with Crippen LogP contribution in [0.15, 0.2) is 41.3 Å². The van der Waals surface area contributed by atoms with Crippen LogP contribution >= 0.6 is 0 Å². The van der Waals surface area contributed by atoms with Crippen molar-refractivity contribution in [3.05, 3.63) is 47.5 Å². The number of rotatable bonds is 0. The van der Waals surface area contributed by atoms with Gasteiger partial charge in [-0.3, -0.25) is 0 Å². The maximum atomic E-state index is 12.0. The number of hydrogen-bond acceptors (Lipinski definition) is 2. The second kappa shape index (κ2) is 3.70. The fraction of sp³-hybridized carbons (Fsp3) is 0.143. The molecule has 0 aromatic heterocycles. The van der Waals surface area contributed by atoms with Crippen molar-refractivity contribution in [1.82, 2.24) is 0 Å². The molecule has 1 aliphatic rings. The van der Waals surface area contributed by atoms with Crippen molar-refractivity contribution in [3.8, 4) is 16.9 Å². The van der Waals surface area contributed by atoms with Crippen molar-refractivity contribution in [2.24, 2.45) is 0 Å². The van der Waals surface area contributed by atoms with E-state index in [0.717, 1.165) is 27.1 Å². The van der Waals surface area contributed by atoms with Gasteiger partial charge in [0.25, 0.3) is 0 Å². The number of aryl methyl sites for hydroxylation is 2. The van der Waals surface area contributed by atoms with E-state index in [0.29, 0.717) is 5.75 Å². The molecular weight excluding hydrogens is 232 g/mol. The standard InChI is InChI=1S/C14H12O2S/c1-9-3-5-11-12-6-4-10(2)8-14(12)17(15)16-13(11)7-9/h3-8H,1-2H3. The van der Waals surface area contributed by atoms with Crippen LogP contribution in [-0.4, -0.2) is 4.21 Å². The smallest absolute Gasteiger partial charge is 0.241 e. The van der Waals surface area contributed by atoms with E-state index in [-0.39, 0.29) is 0 Å². The second-order valence-electron chi connectivity index (χ2n) is 4.32. The van der Waals surface area contributed by atoms with Crippen molar-refractivity contribution in [2.45, 2.75) is 18.7 Å². The van der Waals surface area contributed by atoms with Crippen LogP contribution in [-0.2, 0) is 11.1 Å². The topological polar surface area (TPSA) is 26.3 Å². The van der Waals surface area contributed by atoms with E-state index in [2.05, 4.69) is 0 Å². The largest absolute Gasteiger partial charge is 0.396 e. The van der Waals surface area contributed by atoms with Gasteiger partial charge in [-0.15, -0.1) is 0 Å². The Bertz CT molecular complexity index is 632. The molecule has 2 aromatic carbocycles. The van der Waals surface area contributed by atoms with Crippen LogP contribution in [0.4, 0.5) is 0 Å². The third-order valence-corrected chi connectivity index (χ3v) is 3.94. The molecule has 0 bridgehead atoms. The fourth-order valence-corrected chi connectivity index (χ4v) is 3.07. The molecule has 0 saturated heterocycles. The normalized spacial score (nSPS) is 16.9. The quantitative estimate of drug-likeness (QED) is 0.710. The highest BCUT2D eigenvalue weighted by Crippen LogP contribution is 2.40. The molecule has 0 fully saturated rings. The Labute approximate surface area is 103 Å². The van der Waals surface area contributed by atoms with Gasteiger partial charge in [-0.25, -0.2) is 4.21 Å². The monoisotopic (exact) mass is 244 g/mol. The van der Waals surface area contributed by atoms with Gasteiger partial charge in [-0.05, 0) is 37.1 Å². The Morgan fingerprint density at radius 3 is 2.35 bits per heavy atom. The number of hydrogen-bond donors (Lipinski definition) is 0. The first-order valence-corrected chi connectivity index (χ1v) is 6.54. The zero-order chi connectivity index (χ0) is 12.0. The lowest BCUT2D eigenvalue weighted by Crippen LogP contribution is -2.09. The maximum absolute atomic E-state index is 12.0. The lowest BCUT2D eigenvalue weighted by molar-refractivity contribution is 0.558. The molecule has 0 aliphatic carbocycles. The summed E-state index contributed by atoms with van der Waals surface area (Å²) in [5, 5.41) is 0. The summed E-state index contributed by atoms with van der Waals surface area (Å²) in [7, 11) is 0. The van der Waals surface area contributed by atoms with E-state index in [1.807, 2.05) is 50.2 Å². The lowest BCUT2D eigenvalue weighted by Gasteiger charge is -2.19. The first-order chi connectivity index (χ1) is 8.15. The molecule has 2 nitrogen and oxygen atoms in total. The van der Waals surface area contributed by atoms with Crippen LogP contribution < -0.4 is 4.18 Å². The predicted octanol–water partition coefficient (Wildman–Crippen LogP) is 3.39. The van der Waals surface area contributed by atoms with Gasteiger partial charge in [-0.2, -0.15) is 0 Å². The predicted molar refractivity (Wildman–Crippen MR) is 68.4 cm³/mol. The average Bonchev–Trinajstić information content (AvgIpc) is 2.29. The van der Waals surface area contributed by atoms with Crippen molar-refractivity contribution >= 4 is 11.1 Å². The van der Waals surface area contributed by atoms with Crippen molar-refractivity contribution in [1.29, 1.82) is 0 Å². The van der Waals surface area contributed by atoms with Gasteiger partial charge in [0.05, 0.1) is 4.90 Å². The average molecular weight is 244 g/mol.